The van der Waals surface area contributed by atoms with Gasteiger partial charge in [0.15, 0.2) is 0 Å². The molecule has 1 atom stereocenters. The number of nitrogens with zero attached hydrogens (tertiary/aromatic N) is 2. The molecule has 3 rings (SSSR count). The predicted molar refractivity (Wildman–Crippen MR) is 115 cm³/mol. The number of nitrogens with two attached hydrogens (primary N) is 1. The highest BCUT2D eigenvalue weighted by atomic mass is 16.5. The molecule has 2 aromatic rings. The van der Waals surface area contributed by atoms with Crippen molar-refractivity contribution in [1.82, 2.24) is 4.90 Å². The maximum atomic E-state index is 11.7. The van der Waals surface area contributed by atoms with E-state index in [2.05, 4.69) is 33.8 Å². The molecule has 1 aliphatic rings. The van der Waals surface area contributed by atoms with Crippen molar-refractivity contribution in [1.29, 1.82) is 0 Å². The summed E-state index contributed by atoms with van der Waals surface area (Å²) < 4.78 is 11.0. The number of primary amides is 1. The zero-order valence-electron chi connectivity index (χ0n) is 17.3. The van der Waals surface area contributed by atoms with Crippen LogP contribution in [0.15, 0.2) is 46.9 Å². The van der Waals surface area contributed by atoms with Crippen LogP contribution in [0.4, 0.5) is 5.69 Å². The van der Waals surface area contributed by atoms with Gasteiger partial charge in [0.2, 0.25) is 5.91 Å². The number of para-hydroxylation sites is 1. The summed E-state index contributed by atoms with van der Waals surface area (Å²) in [4.78, 5) is 27.0. The molecule has 8 heteroatoms. The van der Waals surface area contributed by atoms with Gasteiger partial charge in [-0.05, 0) is 24.3 Å². The number of carbonyl (C=O) groups is 2. The first-order valence-corrected chi connectivity index (χ1v) is 10.2. The molecule has 1 saturated heterocycles. The van der Waals surface area contributed by atoms with E-state index in [4.69, 9.17) is 20.0 Å². The van der Waals surface area contributed by atoms with Crippen LogP contribution in [0.3, 0.4) is 0 Å². The molecule has 1 amide bonds. The number of carbonyl (C=O) groups excluding carboxylic acids is 2. The fourth-order valence-electron chi connectivity index (χ4n) is 3.43. The van der Waals surface area contributed by atoms with Crippen molar-refractivity contribution in [2.45, 2.75) is 25.5 Å². The lowest BCUT2D eigenvalue weighted by atomic mass is 10.1. The molecule has 1 aliphatic heterocycles. The van der Waals surface area contributed by atoms with Crippen LogP contribution in [-0.2, 0) is 20.9 Å². The largest absolute Gasteiger partial charge is 0.460 e. The average molecular weight is 425 g/mol. The Bertz CT molecular complexity index is 923. The van der Waals surface area contributed by atoms with Gasteiger partial charge in [0, 0.05) is 38.3 Å². The molecule has 0 bridgehead atoms. The van der Waals surface area contributed by atoms with Gasteiger partial charge in [-0.1, -0.05) is 30.0 Å². The first-order chi connectivity index (χ1) is 15.1. The molecule has 1 aromatic carbocycles. The van der Waals surface area contributed by atoms with Crippen molar-refractivity contribution in [2.24, 2.45) is 5.73 Å². The zero-order chi connectivity index (χ0) is 22.1. The maximum Gasteiger partial charge on any atom is 0.306 e. The molecule has 0 aliphatic carbocycles. The molecular formula is C23H27N3O5. The molecule has 31 heavy (non-hydrogen) atoms. The van der Waals surface area contributed by atoms with E-state index < -0.39 is 11.9 Å². The molecule has 164 valence electrons. The summed E-state index contributed by atoms with van der Waals surface area (Å²) in [5.74, 6) is 5.88. The highest BCUT2D eigenvalue weighted by Gasteiger charge is 2.26. The molecule has 8 nitrogen and oxygen atoms in total. The standard InChI is InChI=1S/C23H27N3O5/c24-22(28)10-11-23(29)30-17-19-8-9-21(31-19)20(7-4-16-27)26-14-12-25(13-15-26)18-5-2-1-3-6-18/h1-3,5-6,8-9,20,27H,10-17H2,(H2,24,28). The Morgan fingerprint density at radius 2 is 1.84 bits per heavy atom. The van der Waals surface area contributed by atoms with E-state index in [1.54, 1.807) is 6.07 Å². The number of anilines is 1. The quantitative estimate of drug-likeness (QED) is 0.487. The number of hydrogen-bond donors (Lipinski definition) is 2. The van der Waals surface area contributed by atoms with Gasteiger partial charge >= 0.3 is 5.97 Å². The third kappa shape index (κ3) is 6.60. The third-order valence-corrected chi connectivity index (χ3v) is 5.02. The van der Waals surface area contributed by atoms with Gasteiger partial charge in [-0.25, -0.2) is 0 Å². The van der Waals surface area contributed by atoms with Gasteiger partial charge in [-0.3, -0.25) is 14.5 Å². The Hall–Kier alpha value is -3.28. The van der Waals surface area contributed by atoms with Crippen molar-refractivity contribution in [3.63, 3.8) is 0 Å². The number of ether oxygens (including phenoxy) is 1. The first-order valence-electron chi connectivity index (χ1n) is 10.2. The number of furan rings is 1. The average Bonchev–Trinajstić information content (AvgIpc) is 3.26. The molecule has 1 fully saturated rings. The van der Waals surface area contributed by atoms with Crippen LogP contribution in [0.1, 0.15) is 30.4 Å². The summed E-state index contributed by atoms with van der Waals surface area (Å²) in [5, 5.41) is 9.17. The smallest absolute Gasteiger partial charge is 0.306 e. The monoisotopic (exact) mass is 425 g/mol. The second kappa shape index (κ2) is 11.2. The van der Waals surface area contributed by atoms with Crippen LogP contribution >= 0.6 is 0 Å². The number of hydrogen-bond acceptors (Lipinski definition) is 7. The van der Waals surface area contributed by atoms with Crippen LogP contribution in [-0.4, -0.2) is 54.7 Å². The van der Waals surface area contributed by atoms with E-state index in [1.807, 2.05) is 24.3 Å². The Kier molecular flexibility index (Phi) is 8.10. The van der Waals surface area contributed by atoms with Crippen molar-refractivity contribution < 1.29 is 23.8 Å². The van der Waals surface area contributed by atoms with E-state index in [-0.39, 0.29) is 32.1 Å². The SMILES string of the molecule is NC(=O)CCC(=O)OCc1ccc(C(C#CCO)N2CCN(c3ccccc3)CC2)o1. The number of aliphatic hydroxyl groups is 1. The summed E-state index contributed by atoms with van der Waals surface area (Å²) in [7, 11) is 0. The van der Waals surface area contributed by atoms with Crippen LogP contribution in [0, 0.1) is 11.8 Å². The van der Waals surface area contributed by atoms with E-state index in [0.717, 1.165) is 26.2 Å². The number of benzene rings is 1. The lowest BCUT2D eigenvalue weighted by molar-refractivity contribution is -0.146. The summed E-state index contributed by atoms with van der Waals surface area (Å²) >= 11 is 0. The summed E-state index contributed by atoms with van der Waals surface area (Å²) in [6.07, 6.45) is -0.102. The van der Waals surface area contributed by atoms with Crippen LogP contribution in [0.25, 0.3) is 0 Å². The van der Waals surface area contributed by atoms with Crippen molar-refractivity contribution >= 4 is 17.6 Å². The topological polar surface area (TPSA) is 109 Å². The minimum absolute atomic E-state index is 0.0282. The highest BCUT2D eigenvalue weighted by Crippen LogP contribution is 2.26. The Morgan fingerprint density at radius 3 is 2.52 bits per heavy atom. The summed E-state index contributed by atoms with van der Waals surface area (Å²) in [6, 6.07) is 13.5. The number of amides is 1. The van der Waals surface area contributed by atoms with Gasteiger partial charge in [-0.15, -0.1) is 0 Å². The summed E-state index contributed by atoms with van der Waals surface area (Å²) in [6.45, 7) is 3.03. The minimum Gasteiger partial charge on any atom is -0.460 e. The molecule has 3 N–H and O–H groups in total. The fraction of sp³-hybridized carbons (Fsp3) is 0.391. The Balaban J connectivity index is 1.60. The number of aliphatic hydroxyl groups excluding tert-OH is 1. The number of esters is 1. The second-order valence-corrected chi connectivity index (χ2v) is 7.17. The van der Waals surface area contributed by atoms with Crippen molar-refractivity contribution in [3.8, 4) is 11.8 Å². The van der Waals surface area contributed by atoms with Gasteiger partial charge in [0.05, 0.1) is 6.42 Å². The van der Waals surface area contributed by atoms with Gasteiger partial charge in [0.1, 0.15) is 30.8 Å². The Morgan fingerprint density at radius 1 is 1.10 bits per heavy atom. The molecule has 1 aromatic heterocycles. The molecule has 0 spiro atoms. The lowest BCUT2D eigenvalue weighted by Gasteiger charge is -2.38. The zero-order valence-corrected chi connectivity index (χ0v) is 17.3. The third-order valence-electron chi connectivity index (χ3n) is 5.02. The molecule has 2 heterocycles. The normalized spacial score (nSPS) is 15.1. The number of rotatable bonds is 8. The fourth-order valence-corrected chi connectivity index (χ4v) is 3.43. The van der Waals surface area contributed by atoms with Crippen LogP contribution in [0.5, 0.6) is 0 Å². The Labute approximate surface area is 181 Å². The van der Waals surface area contributed by atoms with Crippen molar-refractivity contribution in [3.05, 3.63) is 54.0 Å². The van der Waals surface area contributed by atoms with E-state index in [1.165, 1.54) is 5.69 Å². The second-order valence-electron chi connectivity index (χ2n) is 7.17. The highest BCUT2D eigenvalue weighted by molar-refractivity contribution is 5.79. The maximum absolute atomic E-state index is 11.7. The molecule has 0 radical (unpaired) electrons. The summed E-state index contributed by atoms with van der Waals surface area (Å²) in [5.41, 5.74) is 6.23. The first kappa shape index (κ1) is 22.4. The molecular weight excluding hydrogens is 398 g/mol. The molecule has 1 unspecified atom stereocenters. The van der Waals surface area contributed by atoms with Crippen LogP contribution in [0.2, 0.25) is 0 Å². The predicted octanol–water partition coefficient (Wildman–Crippen LogP) is 1.45. The van der Waals surface area contributed by atoms with E-state index in [0.29, 0.717) is 11.5 Å². The van der Waals surface area contributed by atoms with E-state index >= 15 is 0 Å². The number of piperazine rings is 1. The molecule has 0 saturated carbocycles. The van der Waals surface area contributed by atoms with Gasteiger partial charge in [-0.2, -0.15) is 0 Å². The van der Waals surface area contributed by atoms with Crippen molar-refractivity contribution in [2.75, 3.05) is 37.7 Å². The lowest BCUT2D eigenvalue weighted by Crippen LogP contribution is -2.47. The van der Waals surface area contributed by atoms with Gasteiger partial charge in [0.25, 0.3) is 0 Å². The van der Waals surface area contributed by atoms with E-state index in [9.17, 15) is 9.59 Å². The minimum atomic E-state index is -0.546. The van der Waals surface area contributed by atoms with Crippen LogP contribution < -0.4 is 10.6 Å². The van der Waals surface area contributed by atoms with Gasteiger partial charge < -0.3 is 24.9 Å².